The van der Waals surface area contributed by atoms with Crippen molar-refractivity contribution in [1.82, 2.24) is 4.90 Å². The zero-order valence-corrected chi connectivity index (χ0v) is 13.6. The number of benzene rings is 2. The van der Waals surface area contributed by atoms with E-state index in [0.717, 1.165) is 26.2 Å². The van der Waals surface area contributed by atoms with E-state index in [1.807, 2.05) is 24.3 Å². The van der Waals surface area contributed by atoms with Crippen molar-refractivity contribution < 1.29 is 9.18 Å². The Morgan fingerprint density at radius 3 is 2.38 bits per heavy atom. The van der Waals surface area contributed by atoms with Crippen LogP contribution in [0.5, 0.6) is 0 Å². The topological polar surface area (TPSA) is 49.6 Å². The molecule has 0 aromatic heterocycles. The van der Waals surface area contributed by atoms with Crippen molar-refractivity contribution in [2.45, 2.75) is 6.42 Å². The second-order valence-corrected chi connectivity index (χ2v) is 6.04. The fraction of sp³-hybridized carbons (Fsp3) is 0.316. The first-order chi connectivity index (χ1) is 11.6. The number of carbonyl (C=O) groups is 1. The van der Waals surface area contributed by atoms with Gasteiger partial charge in [-0.05, 0) is 24.3 Å². The molecule has 3 rings (SSSR count). The normalized spacial score (nSPS) is 15.5. The first-order valence-corrected chi connectivity index (χ1v) is 8.24. The standard InChI is InChI=1S/C19H22FN3O/c20-16-6-2-4-8-18(16)23-13-11-22(12-14-23)10-9-19(24)15-5-1-3-7-17(15)21/h1-8H,9-14,21H2. The summed E-state index contributed by atoms with van der Waals surface area (Å²) in [6.45, 7) is 3.89. The van der Waals surface area contributed by atoms with Crippen LogP contribution in [0.4, 0.5) is 15.8 Å². The summed E-state index contributed by atoms with van der Waals surface area (Å²) < 4.78 is 13.8. The molecule has 0 saturated carbocycles. The van der Waals surface area contributed by atoms with E-state index in [2.05, 4.69) is 9.80 Å². The van der Waals surface area contributed by atoms with Crippen LogP contribution in [0.15, 0.2) is 48.5 Å². The van der Waals surface area contributed by atoms with Crippen LogP contribution in [0.25, 0.3) is 0 Å². The fourth-order valence-electron chi connectivity index (χ4n) is 3.07. The van der Waals surface area contributed by atoms with Gasteiger partial charge in [-0.25, -0.2) is 4.39 Å². The molecule has 0 amide bonds. The van der Waals surface area contributed by atoms with E-state index in [1.54, 1.807) is 18.2 Å². The molecule has 1 saturated heterocycles. The molecular formula is C19H22FN3O. The summed E-state index contributed by atoms with van der Waals surface area (Å²) in [6, 6.07) is 14.0. The Kier molecular flexibility index (Phi) is 5.11. The number of piperazine rings is 1. The monoisotopic (exact) mass is 327 g/mol. The van der Waals surface area contributed by atoms with Crippen molar-refractivity contribution in [2.24, 2.45) is 0 Å². The van der Waals surface area contributed by atoms with Gasteiger partial charge < -0.3 is 10.6 Å². The zero-order valence-electron chi connectivity index (χ0n) is 13.6. The third-order valence-corrected chi connectivity index (χ3v) is 4.48. The molecule has 0 radical (unpaired) electrons. The zero-order chi connectivity index (χ0) is 16.9. The minimum absolute atomic E-state index is 0.0737. The number of Topliss-reactive ketones (excluding diaryl/α,β-unsaturated/α-hetero) is 1. The van der Waals surface area contributed by atoms with Crippen LogP contribution in [0, 0.1) is 5.82 Å². The molecule has 0 spiro atoms. The van der Waals surface area contributed by atoms with Crippen LogP contribution in [-0.4, -0.2) is 43.4 Å². The maximum Gasteiger partial charge on any atom is 0.166 e. The predicted octanol–water partition coefficient (Wildman–Crippen LogP) is 2.80. The molecule has 0 unspecified atom stereocenters. The molecule has 1 heterocycles. The number of anilines is 2. The molecule has 0 bridgehead atoms. The molecular weight excluding hydrogens is 305 g/mol. The Morgan fingerprint density at radius 2 is 1.67 bits per heavy atom. The van der Waals surface area contributed by atoms with Crippen LogP contribution < -0.4 is 10.6 Å². The maximum atomic E-state index is 13.8. The number of carbonyl (C=O) groups excluding carboxylic acids is 1. The number of halogens is 1. The first-order valence-electron chi connectivity index (χ1n) is 8.24. The molecule has 2 aromatic rings. The van der Waals surface area contributed by atoms with E-state index in [4.69, 9.17) is 5.73 Å². The van der Waals surface area contributed by atoms with Crippen molar-refractivity contribution in [3.05, 3.63) is 59.9 Å². The van der Waals surface area contributed by atoms with Gasteiger partial charge in [0.25, 0.3) is 0 Å². The summed E-state index contributed by atoms with van der Waals surface area (Å²) in [7, 11) is 0. The Balaban J connectivity index is 1.50. The highest BCUT2D eigenvalue weighted by Crippen LogP contribution is 2.20. The van der Waals surface area contributed by atoms with Crippen molar-refractivity contribution in [1.29, 1.82) is 0 Å². The lowest BCUT2D eigenvalue weighted by atomic mass is 10.1. The highest BCUT2D eigenvalue weighted by atomic mass is 19.1. The Hall–Kier alpha value is -2.40. The molecule has 24 heavy (non-hydrogen) atoms. The average molecular weight is 327 g/mol. The number of nitrogen functional groups attached to an aromatic ring is 1. The van der Waals surface area contributed by atoms with Gasteiger partial charge in [0.1, 0.15) is 5.82 Å². The van der Waals surface area contributed by atoms with Crippen LogP contribution >= 0.6 is 0 Å². The number of hydrogen-bond donors (Lipinski definition) is 1. The number of rotatable bonds is 5. The Morgan fingerprint density at radius 1 is 1.00 bits per heavy atom. The molecule has 5 heteroatoms. The smallest absolute Gasteiger partial charge is 0.166 e. The van der Waals surface area contributed by atoms with Crippen molar-refractivity contribution in [3.63, 3.8) is 0 Å². The quantitative estimate of drug-likeness (QED) is 0.678. The summed E-state index contributed by atoms with van der Waals surface area (Å²) in [5, 5.41) is 0. The highest BCUT2D eigenvalue weighted by Gasteiger charge is 2.20. The third-order valence-electron chi connectivity index (χ3n) is 4.48. The second-order valence-electron chi connectivity index (χ2n) is 6.04. The van der Waals surface area contributed by atoms with Gasteiger partial charge in [0.05, 0.1) is 5.69 Å². The van der Waals surface area contributed by atoms with Gasteiger partial charge in [-0.1, -0.05) is 24.3 Å². The SMILES string of the molecule is Nc1ccccc1C(=O)CCN1CCN(c2ccccc2F)CC1. The summed E-state index contributed by atoms with van der Waals surface area (Å²) in [5.74, 6) is -0.106. The molecule has 1 fully saturated rings. The van der Waals surface area contributed by atoms with Gasteiger partial charge >= 0.3 is 0 Å². The van der Waals surface area contributed by atoms with Crippen LogP contribution in [-0.2, 0) is 0 Å². The predicted molar refractivity (Wildman–Crippen MR) is 94.9 cm³/mol. The molecule has 4 nitrogen and oxygen atoms in total. The third kappa shape index (κ3) is 3.74. The van der Waals surface area contributed by atoms with E-state index in [9.17, 15) is 9.18 Å². The lowest BCUT2D eigenvalue weighted by molar-refractivity contribution is 0.0963. The Labute approximate surface area is 141 Å². The lowest BCUT2D eigenvalue weighted by Crippen LogP contribution is -2.47. The second kappa shape index (κ2) is 7.45. The van der Waals surface area contributed by atoms with Crippen molar-refractivity contribution in [2.75, 3.05) is 43.4 Å². The van der Waals surface area contributed by atoms with Crippen molar-refractivity contribution >= 4 is 17.2 Å². The van der Waals surface area contributed by atoms with Gasteiger partial charge in [-0.3, -0.25) is 9.69 Å². The van der Waals surface area contributed by atoms with Gasteiger partial charge in [-0.2, -0.15) is 0 Å². The highest BCUT2D eigenvalue weighted by molar-refractivity contribution is 6.00. The maximum absolute atomic E-state index is 13.8. The van der Waals surface area contributed by atoms with E-state index in [0.29, 0.717) is 29.9 Å². The largest absolute Gasteiger partial charge is 0.398 e. The number of nitrogens with two attached hydrogens (primary N) is 1. The van der Waals surface area contributed by atoms with E-state index in [1.165, 1.54) is 6.07 Å². The van der Waals surface area contributed by atoms with Gasteiger partial charge in [-0.15, -0.1) is 0 Å². The average Bonchev–Trinajstić information content (AvgIpc) is 2.61. The van der Waals surface area contributed by atoms with E-state index in [-0.39, 0.29) is 11.6 Å². The van der Waals surface area contributed by atoms with Crippen LogP contribution in [0.1, 0.15) is 16.8 Å². The van der Waals surface area contributed by atoms with Gasteiger partial charge in [0.15, 0.2) is 5.78 Å². The molecule has 1 aliphatic rings. The molecule has 0 aliphatic carbocycles. The summed E-state index contributed by atoms with van der Waals surface area (Å²) in [6.07, 6.45) is 0.452. The van der Waals surface area contributed by atoms with E-state index >= 15 is 0 Å². The van der Waals surface area contributed by atoms with Gasteiger partial charge in [0.2, 0.25) is 0 Å². The number of nitrogens with zero attached hydrogens (tertiary/aromatic N) is 2. The molecule has 2 N–H and O–H groups in total. The van der Waals surface area contributed by atoms with E-state index < -0.39 is 0 Å². The fourth-order valence-corrected chi connectivity index (χ4v) is 3.07. The lowest BCUT2D eigenvalue weighted by Gasteiger charge is -2.36. The number of para-hydroxylation sites is 2. The Bertz CT molecular complexity index is 711. The number of ketones is 1. The minimum atomic E-state index is -0.180. The number of hydrogen-bond acceptors (Lipinski definition) is 4. The molecule has 126 valence electrons. The minimum Gasteiger partial charge on any atom is -0.398 e. The van der Waals surface area contributed by atoms with Crippen molar-refractivity contribution in [3.8, 4) is 0 Å². The summed E-state index contributed by atoms with van der Waals surface area (Å²) in [5.41, 5.74) is 7.64. The summed E-state index contributed by atoms with van der Waals surface area (Å²) >= 11 is 0. The summed E-state index contributed by atoms with van der Waals surface area (Å²) in [4.78, 5) is 16.6. The van der Waals surface area contributed by atoms with Gasteiger partial charge in [0, 0.05) is 50.4 Å². The van der Waals surface area contributed by atoms with Crippen LogP contribution in [0.3, 0.4) is 0 Å². The molecule has 2 aromatic carbocycles. The molecule has 1 aliphatic heterocycles. The molecule has 0 atom stereocenters. The van der Waals surface area contributed by atoms with Crippen LogP contribution in [0.2, 0.25) is 0 Å². The first kappa shape index (κ1) is 16.5.